The van der Waals surface area contributed by atoms with E-state index in [9.17, 15) is 0 Å². The Balaban J connectivity index is 2.10. The fourth-order valence-electron chi connectivity index (χ4n) is 2.24. The van der Waals surface area contributed by atoms with Gasteiger partial charge in [-0.05, 0) is 43.8 Å². The standard InChI is InChI=1S/C17H20BrNS/c1-12-4-6-14(7-5-12)17(19-3)13(2)20-16-10-8-15(18)9-11-16/h4-11,13,17,19H,1-3H3. The van der Waals surface area contributed by atoms with E-state index in [1.54, 1.807) is 0 Å². The van der Waals surface area contributed by atoms with Gasteiger partial charge in [0.15, 0.2) is 0 Å². The Morgan fingerprint density at radius 2 is 1.60 bits per heavy atom. The van der Waals surface area contributed by atoms with Crippen LogP contribution in [0.25, 0.3) is 0 Å². The molecule has 1 nitrogen and oxygen atoms in total. The molecule has 0 saturated heterocycles. The lowest BCUT2D eigenvalue weighted by Crippen LogP contribution is -2.25. The zero-order valence-corrected chi connectivity index (χ0v) is 14.5. The summed E-state index contributed by atoms with van der Waals surface area (Å²) in [7, 11) is 2.03. The molecule has 0 aliphatic rings. The number of hydrogen-bond acceptors (Lipinski definition) is 2. The molecule has 0 heterocycles. The second-order valence-corrected chi connectivity index (χ2v) is 7.32. The lowest BCUT2D eigenvalue weighted by Gasteiger charge is -2.24. The van der Waals surface area contributed by atoms with Gasteiger partial charge in [-0.25, -0.2) is 0 Å². The summed E-state index contributed by atoms with van der Waals surface area (Å²) < 4.78 is 1.12. The highest BCUT2D eigenvalue weighted by Gasteiger charge is 2.18. The van der Waals surface area contributed by atoms with Gasteiger partial charge in [-0.2, -0.15) is 0 Å². The molecule has 0 spiro atoms. The molecule has 2 unspecified atom stereocenters. The van der Waals surface area contributed by atoms with Crippen LogP contribution in [0.15, 0.2) is 57.9 Å². The minimum Gasteiger partial charge on any atom is -0.312 e. The van der Waals surface area contributed by atoms with E-state index in [4.69, 9.17) is 0 Å². The SMILES string of the molecule is CNC(c1ccc(C)cc1)C(C)Sc1ccc(Br)cc1. The van der Waals surface area contributed by atoms with Crippen LogP contribution >= 0.6 is 27.7 Å². The van der Waals surface area contributed by atoms with Gasteiger partial charge in [0.05, 0.1) is 0 Å². The third-order valence-corrected chi connectivity index (χ3v) is 5.07. The van der Waals surface area contributed by atoms with E-state index in [0.29, 0.717) is 11.3 Å². The molecule has 20 heavy (non-hydrogen) atoms. The van der Waals surface area contributed by atoms with E-state index >= 15 is 0 Å². The molecule has 0 aromatic heterocycles. The van der Waals surface area contributed by atoms with Crippen LogP contribution in [-0.2, 0) is 0 Å². The van der Waals surface area contributed by atoms with Gasteiger partial charge in [-0.3, -0.25) is 0 Å². The Labute approximate surface area is 134 Å². The largest absolute Gasteiger partial charge is 0.312 e. The Morgan fingerprint density at radius 1 is 1.00 bits per heavy atom. The summed E-state index contributed by atoms with van der Waals surface area (Å²) in [6, 6.07) is 17.6. The molecule has 0 amide bonds. The van der Waals surface area contributed by atoms with Gasteiger partial charge in [-0.15, -0.1) is 11.8 Å². The Morgan fingerprint density at radius 3 is 2.15 bits per heavy atom. The lowest BCUT2D eigenvalue weighted by atomic mass is 10.0. The Bertz CT molecular complexity index is 536. The predicted molar refractivity (Wildman–Crippen MR) is 92.4 cm³/mol. The maximum atomic E-state index is 3.48. The zero-order valence-electron chi connectivity index (χ0n) is 12.1. The number of hydrogen-bond donors (Lipinski definition) is 1. The molecule has 0 radical (unpaired) electrons. The number of thioether (sulfide) groups is 1. The first-order valence-electron chi connectivity index (χ1n) is 6.76. The highest BCUT2D eigenvalue weighted by Crippen LogP contribution is 2.32. The molecule has 0 aliphatic carbocycles. The van der Waals surface area contributed by atoms with Gasteiger partial charge in [0, 0.05) is 20.7 Å². The second-order valence-electron chi connectivity index (χ2n) is 4.95. The van der Waals surface area contributed by atoms with E-state index in [0.717, 1.165) is 4.47 Å². The number of benzene rings is 2. The van der Waals surface area contributed by atoms with Crippen molar-refractivity contribution in [2.75, 3.05) is 7.05 Å². The first-order valence-corrected chi connectivity index (χ1v) is 8.43. The van der Waals surface area contributed by atoms with Crippen molar-refractivity contribution < 1.29 is 0 Å². The molecule has 0 fully saturated rings. The second kappa shape index (κ2) is 7.30. The normalized spacial score (nSPS) is 14.0. The van der Waals surface area contributed by atoms with Crippen LogP contribution in [0, 0.1) is 6.92 Å². The first kappa shape index (κ1) is 15.6. The minimum absolute atomic E-state index is 0.351. The fraction of sp³-hybridized carbons (Fsp3) is 0.294. The topological polar surface area (TPSA) is 12.0 Å². The van der Waals surface area contributed by atoms with Crippen LogP contribution < -0.4 is 5.32 Å². The molecule has 2 aromatic carbocycles. The Kier molecular flexibility index (Phi) is 5.70. The monoisotopic (exact) mass is 349 g/mol. The van der Waals surface area contributed by atoms with Crippen molar-refractivity contribution in [1.82, 2.24) is 5.32 Å². The van der Waals surface area contributed by atoms with Crippen LogP contribution in [-0.4, -0.2) is 12.3 Å². The predicted octanol–water partition coefficient (Wildman–Crippen LogP) is 5.20. The summed E-state index contributed by atoms with van der Waals surface area (Å²) in [6.45, 7) is 4.39. The van der Waals surface area contributed by atoms with Crippen LogP contribution in [0.1, 0.15) is 24.1 Å². The summed E-state index contributed by atoms with van der Waals surface area (Å²) in [6.07, 6.45) is 0. The van der Waals surface area contributed by atoms with Crippen molar-refractivity contribution in [1.29, 1.82) is 0 Å². The average molecular weight is 350 g/mol. The first-order chi connectivity index (χ1) is 9.60. The van der Waals surface area contributed by atoms with Crippen molar-refractivity contribution in [3.63, 3.8) is 0 Å². The van der Waals surface area contributed by atoms with Gasteiger partial charge in [0.1, 0.15) is 0 Å². The summed E-state index contributed by atoms with van der Waals surface area (Å²) in [5.74, 6) is 0. The molecule has 0 bridgehead atoms. The van der Waals surface area contributed by atoms with Crippen LogP contribution in [0.4, 0.5) is 0 Å². The van der Waals surface area contributed by atoms with Gasteiger partial charge in [-0.1, -0.05) is 52.7 Å². The third-order valence-electron chi connectivity index (χ3n) is 3.35. The van der Waals surface area contributed by atoms with Gasteiger partial charge >= 0.3 is 0 Å². The summed E-state index contributed by atoms with van der Waals surface area (Å²) >= 11 is 5.38. The van der Waals surface area contributed by atoms with E-state index in [-0.39, 0.29) is 0 Å². The molecule has 0 aliphatic heterocycles. The number of aryl methyl sites for hydroxylation is 1. The maximum absolute atomic E-state index is 3.48. The van der Waals surface area contributed by atoms with E-state index in [1.165, 1.54) is 16.0 Å². The zero-order chi connectivity index (χ0) is 14.5. The van der Waals surface area contributed by atoms with Crippen LogP contribution in [0.2, 0.25) is 0 Å². The van der Waals surface area contributed by atoms with Crippen LogP contribution in [0.5, 0.6) is 0 Å². The van der Waals surface area contributed by atoms with Crippen molar-refractivity contribution in [3.05, 3.63) is 64.1 Å². The molecule has 2 atom stereocenters. The molecule has 1 N–H and O–H groups in total. The van der Waals surface area contributed by atoms with E-state index in [1.807, 2.05) is 18.8 Å². The Hall–Kier alpha value is -0.770. The molecule has 2 aromatic rings. The van der Waals surface area contributed by atoms with Crippen molar-refractivity contribution in [3.8, 4) is 0 Å². The average Bonchev–Trinajstić information content (AvgIpc) is 2.44. The number of rotatable bonds is 5. The third kappa shape index (κ3) is 4.11. The fourth-order valence-corrected chi connectivity index (χ4v) is 3.66. The smallest absolute Gasteiger partial charge is 0.0438 e. The molecule has 0 saturated carbocycles. The summed E-state index contributed by atoms with van der Waals surface area (Å²) in [4.78, 5) is 1.30. The minimum atomic E-state index is 0.351. The van der Waals surface area contributed by atoms with Gasteiger partial charge in [0.2, 0.25) is 0 Å². The lowest BCUT2D eigenvalue weighted by molar-refractivity contribution is 0.589. The molecular formula is C17H20BrNS. The quantitative estimate of drug-likeness (QED) is 0.744. The van der Waals surface area contributed by atoms with Crippen molar-refractivity contribution in [2.24, 2.45) is 0 Å². The van der Waals surface area contributed by atoms with Crippen molar-refractivity contribution >= 4 is 27.7 Å². The number of nitrogens with one attached hydrogen (secondary N) is 1. The highest BCUT2D eigenvalue weighted by molar-refractivity contribution is 9.10. The maximum Gasteiger partial charge on any atom is 0.0438 e. The molecule has 2 rings (SSSR count). The van der Waals surface area contributed by atoms with E-state index < -0.39 is 0 Å². The molecule has 106 valence electrons. The van der Waals surface area contributed by atoms with Crippen LogP contribution in [0.3, 0.4) is 0 Å². The summed E-state index contributed by atoms with van der Waals surface area (Å²) in [5, 5.41) is 3.90. The van der Waals surface area contributed by atoms with Crippen molar-refractivity contribution in [2.45, 2.75) is 30.0 Å². The van der Waals surface area contributed by atoms with Gasteiger partial charge in [0.25, 0.3) is 0 Å². The van der Waals surface area contributed by atoms with E-state index in [2.05, 4.69) is 83.6 Å². The number of halogens is 1. The van der Waals surface area contributed by atoms with Gasteiger partial charge < -0.3 is 5.32 Å². The summed E-state index contributed by atoms with van der Waals surface area (Å²) in [5.41, 5.74) is 2.65. The molecular weight excluding hydrogens is 330 g/mol. The molecule has 3 heteroatoms. The highest BCUT2D eigenvalue weighted by atomic mass is 79.9.